The Labute approximate surface area is 253 Å². The van der Waals surface area contributed by atoms with Crippen LogP contribution in [0.4, 0.5) is 20.8 Å². The number of pyridine rings is 3. The van der Waals surface area contributed by atoms with Crippen molar-refractivity contribution in [3.8, 4) is 11.6 Å². The molecular formula is C31H35FN6O6. The van der Waals surface area contributed by atoms with Crippen molar-refractivity contribution in [2.45, 2.75) is 62.5 Å². The van der Waals surface area contributed by atoms with Crippen LogP contribution in [0.25, 0.3) is 11.0 Å². The van der Waals surface area contributed by atoms with Crippen molar-refractivity contribution in [1.29, 1.82) is 0 Å². The van der Waals surface area contributed by atoms with Gasteiger partial charge in [-0.1, -0.05) is 0 Å². The van der Waals surface area contributed by atoms with Crippen LogP contribution in [-0.2, 0) is 16.0 Å². The minimum Gasteiger partial charge on any atom is -0.480 e. The maximum absolute atomic E-state index is 15.2. The van der Waals surface area contributed by atoms with Crippen molar-refractivity contribution in [1.82, 2.24) is 20.3 Å². The highest BCUT2D eigenvalue weighted by molar-refractivity contribution is 5.94. The van der Waals surface area contributed by atoms with Crippen LogP contribution in [0.15, 0.2) is 30.5 Å². The van der Waals surface area contributed by atoms with Crippen LogP contribution in [0.3, 0.4) is 0 Å². The molecule has 3 aromatic heterocycles. The highest BCUT2D eigenvalue weighted by Gasteiger charge is 2.52. The Morgan fingerprint density at radius 2 is 1.98 bits per heavy atom. The molecule has 0 atom stereocenters. The Hall–Kier alpha value is -4.26. The largest absolute Gasteiger partial charge is 0.480 e. The minimum atomic E-state index is -1.05. The van der Waals surface area contributed by atoms with Gasteiger partial charge in [-0.3, -0.25) is 9.78 Å². The number of anilines is 2. The third kappa shape index (κ3) is 5.33. The molecule has 0 radical (unpaired) electrons. The maximum atomic E-state index is 15.2. The molecule has 5 aliphatic rings. The Morgan fingerprint density at radius 3 is 2.70 bits per heavy atom. The average molecular weight is 607 g/mol. The number of amides is 2. The Morgan fingerprint density at radius 1 is 1.16 bits per heavy atom. The van der Waals surface area contributed by atoms with Crippen LogP contribution in [0, 0.1) is 11.2 Å². The van der Waals surface area contributed by atoms with Crippen LogP contribution < -0.4 is 25.0 Å². The third-order valence-electron chi connectivity index (χ3n) is 9.92. The van der Waals surface area contributed by atoms with Crippen molar-refractivity contribution >= 4 is 34.7 Å². The molecular weight excluding hydrogens is 571 g/mol. The van der Waals surface area contributed by atoms with Gasteiger partial charge in [-0.2, -0.15) is 0 Å². The van der Waals surface area contributed by atoms with Gasteiger partial charge in [0.15, 0.2) is 18.2 Å². The second-order valence-electron chi connectivity index (χ2n) is 12.7. The fourth-order valence-electron chi connectivity index (χ4n) is 6.67. The molecule has 232 valence electrons. The van der Waals surface area contributed by atoms with Crippen LogP contribution >= 0.6 is 0 Å². The molecule has 44 heavy (non-hydrogen) atoms. The predicted octanol–water partition coefficient (Wildman–Crippen LogP) is 4.07. The molecule has 6 heterocycles. The Kier molecular flexibility index (Phi) is 6.95. The molecule has 0 unspecified atom stereocenters. The summed E-state index contributed by atoms with van der Waals surface area (Å²) in [7, 11) is 2.01. The molecule has 2 bridgehead atoms. The molecule has 3 aliphatic heterocycles. The van der Waals surface area contributed by atoms with E-state index in [-0.39, 0.29) is 29.1 Å². The van der Waals surface area contributed by atoms with Crippen LogP contribution in [0.5, 0.6) is 11.6 Å². The number of carbonyl (C=O) groups excluding carboxylic acids is 1. The summed E-state index contributed by atoms with van der Waals surface area (Å²) in [5.41, 5.74) is 0.772. The number of carbonyl (C=O) groups is 2. The standard InChI is InChI=1S/C31H35FN6O6/c1-38(23-4-3-22-27(35-23)36-24(39)15-42-22)30-10-12-31(13-11-30,44-18-30)7-6-19-20(32)14-33-21-2-5-25(37-26(19)21)43-17-29(8-9-29)16-34-28(40)41/h2-5,14,34H,6-13,15-18H2,1H3,(H,40,41)(H,35,36,39). The Balaban J connectivity index is 1.02. The van der Waals surface area contributed by atoms with E-state index in [0.717, 1.165) is 44.3 Å². The zero-order valence-electron chi connectivity index (χ0n) is 24.5. The third-order valence-corrected chi connectivity index (χ3v) is 9.92. The van der Waals surface area contributed by atoms with Crippen LogP contribution in [-0.4, -0.2) is 76.6 Å². The number of ether oxygens (including phenoxy) is 3. The van der Waals surface area contributed by atoms with Gasteiger partial charge in [0, 0.05) is 30.6 Å². The number of nitrogens with zero attached hydrogens (tertiary/aromatic N) is 4. The van der Waals surface area contributed by atoms with Gasteiger partial charge in [0.05, 0.1) is 41.6 Å². The molecule has 8 rings (SSSR count). The zero-order valence-corrected chi connectivity index (χ0v) is 24.5. The predicted molar refractivity (Wildman–Crippen MR) is 158 cm³/mol. The molecule has 12 nitrogen and oxygen atoms in total. The molecule has 2 aliphatic carbocycles. The smallest absolute Gasteiger partial charge is 0.404 e. The van der Waals surface area contributed by atoms with E-state index >= 15 is 4.39 Å². The first-order valence-corrected chi connectivity index (χ1v) is 15.0. The lowest BCUT2D eigenvalue weighted by molar-refractivity contribution is -0.156. The lowest BCUT2D eigenvalue weighted by atomic mass is 9.68. The molecule has 2 saturated heterocycles. The second-order valence-corrected chi connectivity index (χ2v) is 12.7. The number of nitrogens with one attached hydrogen (secondary N) is 2. The molecule has 4 fully saturated rings. The van der Waals surface area contributed by atoms with Crippen LogP contribution in [0.2, 0.25) is 0 Å². The zero-order chi connectivity index (χ0) is 30.5. The molecule has 3 aromatic rings. The summed E-state index contributed by atoms with van der Waals surface area (Å²) in [6.07, 6.45) is 6.51. The van der Waals surface area contributed by atoms with E-state index in [9.17, 15) is 9.59 Å². The van der Waals surface area contributed by atoms with Gasteiger partial charge >= 0.3 is 6.09 Å². The van der Waals surface area contributed by atoms with E-state index in [1.807, 2.05) is 19.2 Å². The number of hydrogen-bond acceptors (Lipinski definition) is 9. The summed E-state index contributed by atoms with van der Waals surface area (Å²) < 4.78 is 33.2. The number of hydrogen-bond donors (Lipinski definition) is 3. The summed E-state index contributed by atoms with van der Waals surface area (Å²) in [6.45, 7) is 1.18. The number of carboxylic acid groups (broad SMARTS) is 1. The number of likely N-dealkylation sites (N-methyl/N-ethyl adjacent to an activating group) is 1. The molecule has 2 saturated carbocycles. The van der Waals surface area contributed by atoms with Gasteiger partial charge in [0.25, 0.3) is 5.91 Å². The number of aryl methyl sites for hydroxylation is 1. The highest BCUT2D eigenvalue weighted by atomic mass is 19.1. The van der Waals surface area contributed by atoms with E-state index < -0.39 is 11.9 Å². The van der Waals surface area contributed by atoms with E-state index in [1.54, 1.807) is 12.1 Å². The molecule has 0 aromatic carbocycles. The van der Waals surface area contributed by atoms with E-state index in [1.165, 1.54) is 6.20 Å². The summed E-state index contributed by atoms with van der Waals surface area (Å²) in [4.78, 5) is 38.4. The lowest BCUT2D eigenvalue weighted by Gasteiger charge is -2.56. The van der Waals surface area contributed by atoms with Gasteiger partial charge in [-0.15, -0.1) is 0 Å². The van der Waals surface area contributed by atoms with Gasteiger partial charge in [-0.05, 0) is 69.6 Å². The maximum Gasteiger partial charge on any atom is 0.404 e. The van der Waals surface area contributed by atoms with Gasteiger partial charge in [-0.25, -0.2) is 19.2 Å². The first-order chi connectivity index (χ1) is 21.2. The number of aromatic nitrogens is 3. The normalized spacial score (nSPS) is 24.6. The highest BCUT2D eigenvalue weighted by Crippen LogP contribution is 2.49. The van der Waals surface area contributed by atoms with Crippen molar-refractivity contribution < 1.29 is 33.3 Å². The number of halogens is 1. The first-order valence-electron chi connectivity index (χ1n) is 15.0. The summed E-state index contributed by atoms with van der Waals surface area (Å²) in [5.74, 6) is 1.48. The molecule has 3 N–H and O–H groups in total. The SMILES string of the molecule is CN(c1ccc2c(n1)NC(=O)CO2)C12CCC(CCc3c(F)cnc4ccc(OCC5(CNC(=O)O)CC5)nc34)(CC1)OC2. The molecule has 2 amide bonds. The van der Waals surface area contributed by atoms with Gasteiger partial charge in [0.2, 0.25) is 5.88 Å². The van der Waals surface area contributed by atoms with Crippen LogP contribution in [0.1, 0.15) is 50.5 Å². The molecule has 13 heteroatoms. The van der Waals surface area contributed by atoms with Gasteiger partial charge < -0.3 is 34.9 Å². The quantitative estimate of drug-likeness (QED) is 0.308. The van der Waals surface area contributed by atoms with Crippen molar-refractivity contribution in [2.75, 3.05) is 43.6 Å². The summed E-state index contributed by atoms with van der Waals surface area (Å²) in [6, 6.07) is 7.24. The van der Waals surface area contributed by atoms with E-state index in [2.05, 4.69) is 30.5 Å². The van der Waals surface area contributed by atoms with Crippen molar-refractivity contribution in [2.24, 2.45) is 5.41 Å². The lowest BCUT2D eigenvalue weighted by Crippen LogP contribution is -2.62. The van der Waals surface area contributed by atoms with Gasteiger partial charge in [0.1, 0.15) is 11.6 Å². The minimum absolute atomic E-state index is 0.0113. The van der Waals surface area contributed by atoms with Crippen molar-refractivity contribution in [3.63, 3.8) is 0 Å². The van der Waals surface area contributed by atoms with E-state index in [4.69, 9.17) is 19.3 Å². The Bertz CT molecular complexity index is 1610. The summed E-state index contributed by atoms with van der Waals surface area (Å²) in [5, 5.41) is 14.2. The monoisotopic (exact) mass is 606 g/mol. The second kappa shape index (κ2) is 10.7. The number of rotatable bonds is 10. The summed E-state index contributed by atoms with van der Waals surface area (Å²) >= 11 is 0. The molecule has 0 spiro atoms. The number of fused-ring (bicyclic) bond motifs is 5. The topological polar surface area (TPSA) is 148 Å². The van der Waals surface area contributed by atoms with E-state index in [0.29, 0.717) is 66.6 Å². The van der Waals surface area contributed by atoms with Crippen molar-refractivity contribution in [3.05, 3.63) is 41.8 Å². The first kappa shape index (κ1) is 28.5. The average Bonchev–Trinajstić information content (AvgIpc) is 3.82. The fourth-order valence-corrected chi connectivity index (χ4v) is 6.67. The fraction of sp³-hybridized carbons (Fsp3) is 0.516.